The van der Waals surface area contributed by atoms with E-state index in [1.165, 1.54) is 0 Å². The van der Waals surface area contributed by atoms with Crippen LogP contribution in [0.15, 0.2) is 33.9 Å². The number of hydrogen-bond acceptors (Lipinski definition) is 5. The summed E-state index contributed by atoms with van der Waals surface area (Å²) in [6.45, 7) is 3.64. The van der Waals surface area contributed by atoms with Crippen molar-refractivity contribution in [1.82, 2.24) is 10.0 Å². The van der Waals surface area contributed by atoms with E-state index in [2.05, 4.69) is 14.4 Å². The lowest BCUT2D eigenvalue weighted by Crippen LogP contribution is -2.31. The summed E-state index contributed by atoms with van der Waals surface area (Å²) in [6.07, 6.45) is 0.694. The number of nitrogens with zero attached hydrogens (tertiary/aromatic N) is 1. The first-order valence-electron chi connectivity index (χ1n) is 8.02. The van der Waals surface area contributed by atoms with Crippen molar-refractivity contribution in [3.05, 3.63) is 35.0 Å². The van der Waals surface area contributed by atoms with Gasteiger partial charge in [-0.1, -0.05) is 6.07 Å². The molecule has 0 radical (unpaired) electrons. The average Bonchev–Trinajstić information content (AvgIpc) is 2.57. The van der Waals surface area contributed by atoms with Crippen LogP contribution in [0, 0.1) is 0 Å². The number of nitrogens with one attached hydrogen (secondary N) is 2. The summed E-state index contributed by atoms with van der Waals surface area (Å²) < 4.78 is 39.3. The minimum atomic E-state index is -3.69. The molecule has 9 heteroatoms. The summed E-state index contributed by atoms with van der Waals surface area (Å²) >= 11 is 0. The molecule has 0 aromatic heterocycles. The Kier molecular flexibility index (Phi) is 6.25. The third kappa shape index (κ3) is 4.98. The van der Waals surface area contributed by atoms with Crippen LogP contribution >= 0.6 is 0 Å². The van der Waals surface area contributed by atoms with Crippen LogP contribution in [0.1, 0.15) is 25.8 Å². The number of allylic oxidation sites excluding steroid dienone is 1. The SMILES string of the molecule is COc1ccc(CCNC(=O)CC2=C(C)NS(=O)(=O)N=C2C)cc1OC. The molecule has 1 aromatic rings. The second kappa shape index (κ2) is 8.22. The van der Waals surface area contributed by atoms with Gasteiger partial charge in [-0.25, -0.2) is 0 Å². The first-order chi connectivity index (χ1) is 12.3. The zero-order chi connectivity index (χ0) is 19.3. The molecule has 0 aliphatic carbocycles. The maximum atomic E-state index is 12.2. The lowest BCUT2D eigenvalue weighted by molar-refractivity contribution is -0.120. The average molecular weight is 381 g/mol. The smallest absolute Gasteiger partial charge is 0.342 e. The molecule has 142 valence electrons. The van der Waals surface area contributed by atoms with Crippen LogP contribution in [0.3, 0.4) is 0 Å². The van der Waals surface area contributed by atoms with Gasteiger partial charge >= 0.3 is 10.2 Å². The van der Waals surface area contributed by atoms with E-state index >= 15 is 0 Å². The van der Waals surface area contributed by atoms with E-state index in [0.717, 1.165) is 5.56 Å². The number of amides is 1. The van der Waals surface area contributed by atoms with Gasteiger partial charge in [0, 0.05) is 17.8 Å². The van der Waals surface area contributed by atoms with Gasteiger partial charge in [0.05, 0.1) is 26.4 Å². The van der Waals surface area contributed by atoms with Crippen molar-refractivity contribution in [2.45, 2.75) is 26.7 Å². The van der Waals surface area contributed by atoms with Gasteiger partial charge in [-0.15, -0.1) is 4.40 Å². The van der Waals surface area contributed by atoms with Crippen molar-refractivity contribution in [3.63, 3.8) is 0 Å². The first-order valence-corrected chi connectivity index (χ1v) is 9.46. The predicted molar refractivity (Wildman–Crippen MR) is 98.7 cm³/mol. The topological polar surface area (TPSA) is 106 Å². The van der Waals surface area contributed by atoms with Gasteiger partial charge in [-0.05, 0) is 38.0 Å². The zero-order valence-electron chi connectivity index (χ0n) is 15.3. The van der Waals surface area contributed by atoms with E-state index in [1.54, 1.807) is 28.1 Å². The van der Waals surface area contributed by atoms with E-state index in [-0.39, 0.29) is 12.3 Å². The second-order valence-electron chi connectivity index (χ2n) is 5.82. The van der Waals surface area contributed by atoms with E-state index in [1.807, 2.05) is 18.2 Å². The van der Waals surface area contributed by atoms with Crippen LogP contribution in [0.4, 0.5) is 0 Å². The predicted octanol–water partition coefficient (Wildman–Crippen LogP) is 1.34. The van der Waals surface area contributed by atoms with Crippen molar-refractivity contribution < 1.29 is 22.7 Å². The first kappa shape index (κ1) is 19.8. The van der Waals surface area contributed by atoms with Crippen LogP contribution in [-0.4, -0.2) is 40.8 Å². The van der Waals surface area contributed by atoms with Gasteiger partial charge in [-0.2, -0.15) is 8.42 Å². The van der Waals surface area contributed by atoms with Crippen LogP contribution in [0.25, 0.3) is 0 Å². The van der Waals surface area contributed by atoms with E-state index in [9.17, 15) is 13.2 Å². The minimum absolute atomic E-state index is 0.0651. The molecule has 0 spiro atoms. The van der Waals surface area contributed by atoms with E-state index in [4.69, 9.17) is 9.47 Å². The van der Waals surface area contributed by atoms with Crippen LogP contribution in [0.5, 0.6) is 11.5 Å². The van der Waals surface area contributed by atoms with Crippen molar-refractivity contribution in [2.75, 3.05) is 20.8 Å². The number of ether oxygens (including phenoxy) is 2. The number of carbonyl (C=O) groups is 1. The fourth-order valence-electron chi connectivity index (χ4n) is 2.65. The van der Waals surface area contributed by atoms with Gasteiger partial charge in [-0.3, -0.25) is 9.52 Å². The molecule has 0 bridgehead atoms. The molecule has 2 rings (SSSR count). The largest absolute Gasteiger partial charge is 0.493 e. The van der Waals surface area contributed by atoms with Crippen molar-refractivity contribution >= 4 is 21.8 Å². The summed E-state index contributed by atoms with van der Waals surface area (Å²) in [5.41, 5.74) is 2.34. The molecule has 1 heterocycles. The van der Waals surface area contributed by atoms with Crippen molar-refractivity contribution in [3.8, 4) is 11.5 Å². The molecule has 0 saturated heterocycles. The molecule has 0 atom stereocenters. The standard InChI is InChI=1S/C17H23N3O5S/c1-11-14(12(2)20-26(22,23)19-11)10-17(21)18-8-7-13-5-6-15(24-3)16(9-13)25-4/h5-6,9,19H,7-8,10H2,1-4H3,(H,18,21). The Bertz CT molecular complexity index is 859. The maximum absolute atomic E-state index is 12.2. The number of methoxy groups -OCH3 is 2. The molecule has 0 fully saturated rings. The molecule has 0 saturated carbocycles. The summed E-state index contributed by atoms with van der Waals surface area (Å²) in [5, 5.41) is 2.83. The summed E-state index contributed by atoms with van der Waals surface area (Å²) in [4.78, 5) is 12.2. The van der Waals surface area contributed by atoms with Crippen molar-refractivity contribution in [2.24, 2.45) is 4.40 Å². The minimum Gasteiger partial charge on any atom is -0.493 e. The Morgan fingerprint density at radius 3 is 2.50 bits per heavy atom. The molecular formula is C17H23N3O5S. The lowest BCUT2D eigenvalue weighted by atomic mass is 10.1. The Balaban J connectivity index is 1.91. The van der Waals surface area contributed by atoms with Crippen LogP contribution in [0.2, 0.25) is 0 Å². The normalized spacial score (nSPS) is 15.8. The quantitative estimate of drug-likeness (QED) is 0.741. The van der Waals surface area contributed by atoms with Crippen LogP contribution < -0.4 is 19.5 Å². The summed E-state index contributed by atoms with van der Waals surface area (Å²) in [7, 11) is -0.543. The van der Waals surface area contributed by atoms with Gasteiger partial charge in [0.1, 0.15) is 0 Å². The highest BCUT2D eigenvalue weighted by molar-refractivity contribution is 7.88. The molecule has 0 unspecified atom stereocenters. The summed E-state index contributed by atoms with van der Waals surface area (Å²) in [6, 6.07) is 5.59. The molecule has 2 N–H and O–H groups in total. The Hall–Kier alpha value is -2.55. The molecule has 26 heavy (non-hydrogen) atoms. The third-order valence-corrected chi connectivity index (χ3v) is 5.03. The molecule has 1 amide bonds. The molecule has 1 aliphatic rings. The van der Waals surface area contributed by atoms with E-state index in [0.29, 0.717) is 41.4 Å². The van der Waals surface area contributed by atoms with Gasteiger partial charge in [0.2, 0.25) is 5.91 Å². The van der Waals surface area contributed by atoms with Gasteiger partial charge in [0.15, 0.2) is 11.5 Å². The second-order valence-corrected chi connectivity index (χ2v) is 7.16. The van der Waals surface area contributed by atoms with Crippen LogP contribution in [-0.2, 0) is 21.4 Å². The molecule has 1 aliphatic heterocycles. The molecular weight excluding hydrogens is 358 g/mol. The van der Waals surface area contributed by atoms with Crippen molar-refractivity contribution in [1.29, 1.82) is 0 Å². The number of carbonyl (C=O) groups excluding carboxylic acids is 1. The Morgan fingerprint density at radius 2 is 1.88 bits per heavy atom. The number of benzene rings is 1. The highest BCUT2D eigenvalue weighted by Crippen LogP contribution is 2.27. The Morgan fingerprint density at radius 1 is 1.19 bits per heavy atom. The van der Waals surface area contributed by atoms with Gasteiger partial charge in [0.25, 0.3) is 0 Å². The highest BCUT2D eigenvalue weighted by atomic mass is 32.2. The Labute approximate surface area is 153 Å². The number of hydrogen-bond donors (Lipinski definition) is 2. The van der Waals surface area contributed by atoms with E-state index < -0.39 is 10.2 Å². The number of rotatable bonds is 7. The summed E-state index contributed by atoms with van der Waals surface area (Å²) in [5.74, 6) is 1.09. The highest BCUT2D eigenvalue weighted by Gasteiger charge is 2.21. The molecule has 1 aromatic carbocycles. The van der Waals surface area contributed by atoms with Gasteiger partial charge < -0.3 is 14.8 Å². The monoisotopic (exact) mass is 381 g/mol. The molecule has 8 nitrogen and oxygen atoms in total. The maximum Gasteiger partial charge on any atom is 0.342 e. The fourth-order valence-corrected chi connectivity index (χ4v) is 3.68. The zero-order valence-corrected chi connectivity index (χ0v) is 16.1. The third-order valence-electron chi connectivity index (χ3n) is 3.95. The lowest BCUT2D eigenvalue weighted by Gasteiger charge is -2.17. The fraction of sp³-hybridized carbons (Fsp3) is 0.412.